The fourth-order valence-electron chi connectivity index (χ4n) is 1.54. The molecule has 0 saturated carbocycles. The van der Waals surface area contributed by atoms with E-state index in [0.717, 1.165) is 12.3 Å². The summed E-state index contributed by atoms with van der Waals surface area (Å²) in [6.07, 6.45) is 1.08. The van der Waals surface area contributed by atoms with Crippen LogP contribution in [-0.2, 0) is 10.0 Å². The molecule has 7 nitrogen and oxygen atoms in total. The van der Waals surface area contributed by atoms with Crippen LogP contribution in [0.1, 0.15) is 16.1 Å². The Morgan fingerprint density at radius 1 is 1.30 bits per heavy atom. The molecule has 2 aromatic rings. The Bertz CT molecular complexity index is 764. The molecule has 1 aromatic heterocycles. The van der Waals surface area contributed by atoms with E-state index in [0.29, 0.717) is 5.56 Å². The van der Waals surface area contributed by atoms with Gasteiger partial charge in [-0.1, -0.05) is 6.07 Å². The van der Waals surface area contributed by atoms with Gasteiger partial charge in [-0.15, -0.1) is 0 Å². The minimum absolute atomic E-state index is 0.0366. The molecular weight excluding hydrogens is 284 g/mol. The monoisotopic (exact) mass is 296 g/mol. The third kappa shape index (κ3) is 2.75. The van der Waals surface area contributed by atoms with E-state index in [9.17, 15) is 18.3 Å². The molecule has 20 heavy (non-hydrogen) atoms. The van der Waals surface area contributed by atoms with Crippen LogP contribution in [0.4, 0.5) is 5.69 Å². The van der Waals surface area contributed by atoms with Gasteiger partial charge in [0.15, 0.2) is 0 Å². The van der Waals surface area contributed by atoms with Gasteiger partial charge in [0.1, 0.15) is 16.3 Å². The Hall–Kier alpha value is -2.48. The van der Waals surface area contributed by atoms with Gasteiger partial charge in [0.05, 0.1) is 5.69 Å². The number of aryl methyl sites for hydroxylation is 1. The minimum Gasteiger partial charge on any atom is -0.508 e. The molecule has 4 N–H and O–H groups in total. The molecule has 0 aliphatic rings. The van der Waals surface area contributed by atoms with Gasteiger partial charge in [-0.3, -0.25) is 4.72 Å². The second-order valence-corrected chi connectivity index (χ2v) is 5.84. The van der Waals surface area contributed by atoms with Crippen molar-refractivity contribution in [2.24, 2.45) is 0 Å². The molecular formula is C12H12N2O5S. The SMILES string of the molecule is Cc1ccc(NS(=O)(=O)c2c[nH]c(C(=O)O)c2)cc1O. The molecule has 2 rings (SSSR count). The number of aromatic amines is 1. The van der Waals surface area contributed by atoms with Crippen molar-refractivity contribution in [3.05, 3.63) is 41.7 Å². The molecule has 0 fully saturated rings. The van der Waals surface area contributed by atoms with Crippen LogP contribution in [0.25, 0.3) is 0 Å². The normalized spacial score (nSPS) is 11.2. The molecule has 8 heteroatoms. The van der Waals surface area contributed by atoms with Gasteiger partial charge in [0.25, 0.3) is 10.0 Å². The van der Waals surface area contributed by atoms with Crippen LogP contribution in [0.3, 0.4) is 0 Å². The number of phenolic OH excluding ortho intramolecular Hbond substituents is 1. The highest BCUT2D eigenvalue weighted by molar-refractivity contribution is 7.92. The van der Waals surface area contributed by atoms with Crippen molar-refractivity contribution in [1.29, 1.82) is 0 Å². The van der Waals surface area contributed by atoms with Gasteiger partial charge < -0.3 is 15.2 Å². The van der Waals surface area contributed by atoms with Crippen molar-refractivity contribution in [2.75, 3.05) is 4.72 Å². The molecule has 0 aliphatic carbocycles. The van der Waals surface area contributed by atoms with E-state index >= 15 is 0 Å². The zero-order chi connectivity index (χ0) is 14.9. The maximum atomic E-state index is 12.0. The van der Waals surface area contributed by atoms with E-state index in [1.165, 1.54) is 12.1 Å². The molecule has 0 aliphatic heterocycles. The molecule has 0 saturated heterocycles. The van der Waals surface area contributed by atoms with Crippen LogP contribution in [0.2, 0.25) is 0 Å². The molecule has 0 amide bonds. The number of phenols is 1. The smallest absolute Gasteiger partial charge is 0.352 e. The maximum Gasteiger partial charge on any atom is 0.352 e. The van der Waals surface area contributed by atoms with Crippen molar-refractivity contribution in [3.8, 4) is 5.75 Å². The van der Waals surface area contributed by atoms with Crippen LogP contribution >= 0.6 is 0 Å². The van der Waals surface area contributed by atoms with Gasteiger partial charge in [-0.2, -0.15) is 0 Å². The van der Waals surface area contributed by atoms with Crippen LogP contribution in [0.5, 0.6) is 5.75 Å². The Balaban J connectivity index is 2.30. The number of H-pyrrole nitrogens is 1. The molecule has 1 heterocycles. The van der Waals surface area contributed by atoms with Crippen molar-refractivity contribution < 1.29 is 23.4 Å². The largest absolute Gasteiger partial charge is 0.508 e. The van der Waals surface area contributed by atoms with E-state index in [4.69, 9.17) is 5.11 Å². The molecule has 1 aromatic carbocycles. The molecule has 0 radical (unpaired) electrons. The Kier molecular flexibility index (Phi) is 3.41. The van der Waals surface area contributed by atoms with Crippen LogP contribution in [-0.4, -0.2) is 29.6 Å². The first kappa shape index (κ1) is 13.9. The summed E-state index contributed by atoms with van der Waals surface area (Å²) in [5.41, 5.74) is 0.575. The first-order chi connectivity index (χ1) is 9.29. The van der Waals surface area contributed by atoms with Crippen LogP contribution < -0.4 is 4.72 Å². The number of aromatic hydroxyl groups is 1. The Labute approximate surface area is 114 Å². The number of hydrogen-bond donors (Lipinski definition) is 4. The zero-order valence-corrected chi connectivity index (χ0v) is 11.2. The van der Waals surface area contributed by atoms with E-state index < -0.39 is 16.0 Å². The zero-order valence-electron chi connectivity index (χ0n) is 10.4. The number of aromatic carboxylic acids is 1. The highest BCUT2D eigenvalue weighted by atomic mass is 32.2. The summed E-state index contributed by atoms with van der Waals surface area (Å²) in [4.78, 5) is 12.9. The summed E-state index contributed by atoms with van der Waals surface area (Å²) in [6, 6.07) is 5.35. The second-order valence-electron chi connectivity index (χ2n) is 4.16. The quantitative estimate of drug-likeness (QED) is 0.682. The average Bonchev–Trinajstić information content (AvgIpc) is 2.84. The number of carboxylic acids is 1. The van der Waals surface area contributed by atoms with E-state index in [1.807, 2.05) is 0 Å². The van der Waals surface area contributed by atoms with Gasteiger partial charge in [-0.25, -0.2) is 13.2 Å². The topological polar surface area (TPSA) is 119 Å². The number of carbonyl (C=O) groups is 1. The lowest BCUT2D eigenvalue weighted by Gasteiger charge is -2.07. The van der Waals surface area contributed by atoms with Crippen molar-refractivity contribution in [1.82, 2.24) is 4.98 Å². The van der Waals surface area contributed by atoms with Crippen molar-refractivity contribution in [2.45, 2.75) is 11.8 Å². The lowest BCUT2D eigenvalue weighted by molar-refractivity contribution is 0.0691. The second kappa shape index (κ2) is 4.89. The summed E-state index contributed by atoms with van der Waals surface area (Å²) < 4.78 is 26.3. The number of benzene rings is 1. The summed E-state index contributed by atoms with van der Waals surface area (Å²) in [5, 5.41) is 18.3. The lowest BCUT2D eigenvalue weighted by Crippen LogP contribution is -2.12. The first-order valence-corrected chi connectivity index (χ1v) is 7.02. The van der Waals surface area contributed by atoms with E-state index in [2.05, 4.69) is 9.71 Å². The van der Waals surface area contributed by atoms with E-state index in [-0.39, 0.29) is 22.0 Å². The lowest BCUT2D eigenvalue weighted by atomic mass is 10.2. The number of sulfonamides is 1. The van der Waals surface area contributed by atoms with E-state index in [1.54, 1.807) is 13.0 Å². The Morgan fingerprint density at radius 3 is 2.55 bits per heavy atom. The third-order valence-corrected chi connectivity index (χ3v) is 4.02. The number of rotatable bonds is 4. The number of aromatic nitrogens is 1. The highest BCUT2D eigenvalue weighted by Crippen LogP contribution is 2.23. The number of hydrogen-bond acceptors (Lipinski definition) is 4. The summed E-state index contributed by atoms with van der Waals surface area (Å²) >= 11 is 0. The molecule has 0 atom stereocenters. The predicted octanol–water partition coefficient (Wildman–Crippen LogP) is 1.53. The molecule has 106 valence electrons. The number of anilines is 1. The van der Waals surface area contributed by atoms with Gasteiger partial charge in [-0.05, 0) is 24.6 Å². The first-order valence-electron chi connectivity index (χ1n) is 5.54. The summed E-state index contributed by atoms with van der Waals surface area (Å²) in [6.45, 7) is 1.68. The number of nitrogens with one attached hydrogen (secondary N) is 2. The Morgan fingerprint density at radius 2 is 2.00 bits per heavy atom. The third-order valence-electron chi connectivity index (χ3n) is 2.66. The van der Waals surface area contributed by atoms with Crippen molar-refractivity contribution in [3.63, 3.8) is 0 Å². The molecule has 0 unspecified atom stereocenters. The molecule has 0 spiro atoms. The fourth-order valence-corrected chi connectivity index (χ4v) is 2.58. The highest BCUT2D eigenvalue weighted by Gasteiger charge is 2.18. The maximum absolute atomic E-state index is 12.0. The number of carboxylic acid groups (broad SMARTS) is 1. The van der Waals surface area contributed by atoms with Crippen molar-refractivity contribution >= 4 is 21.7 Å². The standard InChI is InChI=1S/C12H12N2O5S/c1-7-2-3-8(4-11(7)15)14-20(18,19)9-5-10(12(16)17)13-6-9/h2-6,13-15H,1H3,(H,16,17). The minimum atomic E-state index is -3.91. The summed E-state index contributed by atoms with van der Waals surface area (Å²) in [7, 11) is -3.91. The average molecular weight is 296 g/mol. The van der Waals surface area contributed by atoms with Gasteiger partial charge in [0, 0.05) is 12.3 Å². The van der Waals surface area contributed by atoms with Crippen LogP contribution in [0, 0.1) is 6.92 Å². The van der Waals surface area contributed by atoms with Crippen LogP contribution in [0.15, 0.2) is 35.4 Å². The predicted molar refractivity (Wildman–Crippen MR) is 71.4 cm³/mol. The van der Waals surface area contributed by atoms with Gasteiger partial charge in [0.2, 0.25) is 0 Å². The fraction of sp³-hybridized carbons (Fsp3) is 0.0833. The summed E-state index contributed by atoms with van der Waals surface area (Å²) in [5.74, 6) is -1.29. The molecule has 0 bridgehead atoms. The van der Waals surface area contributed by atoms with Gasteiger partial charge >= 0.3 is 5.97 Å².